The van der Waals surface area contributed by atoms with Crippen molar-refractivity contribution in [2.75, 3.05) is 0 Å². The van der Waals surface area contributed by atoms with Crippen molar-refractivity contribution in [1.82, 2.24) is 9.55 Å². The monoisotopic (exact) mass is 282 g/mol. The summed E-state index contributed by atoms with van der Waals surface area (Å²) in [6, 6.07) is 11.7. The molecule has 0 spiro atoms. The molecule has 0 unspecified atom stereocenters. The lowest BCUT2D eigenvalue weighted by molar-refractivity contribution is 0.402. The molecule has 3 N–H and O–H groups in total. The number of hydrogen-bond donors (Lipinski definition) is 3. The molecule has 0 atom stereocenters. The average Bonchev–Trinajstić information content (AvgIpc) is 2.81. The first-order valence-corrected chi connectivity index (χ1v) is 6.43. The van der Waals surface area contributed by atoms with E-state index >= 15 is 0 Å². The Morgan fingerprint density at radius 3 is 2.38 bits per heavy atom. The fraction of sp³-hybridized carbons (Fsp3) is 0.0625. The second kappa shape index (κ2) is 4.86. The molecule has 2 heterocycles. The summed E-state index contributed by atoms with van der Waals surface area (Å²) in [6.45, 7) is 1.73. The van der Waals surface area contributed by atoms with Crippen molar-refractivity contribution in [3.63, 3.8) is 0 Å². The lowest BCUT2D eigenvalue weighted by Crippen LogP contribution is -1.93. The zero-order valence-corrected chi connectivity index (χ0v) is 11.4. The maximum atomic E-state index is 10.1. The van der Waals surface area contributed by atoms with Crippen LogP contribution in [0.5, 0.6) is 17.5 Å². The first kappa shape index (κ1) is 13.1. The molecule has 0 saturated heterocycles. The van der Waals surface area contributed by atoms with Crippen LogP contribution in [-0.2, 0) is 0 Å². The van der Waals surface area contributed by atoms with Gasteiger partial charge in [0.15, 0.2) is 11.8 Å². The van der Waals surface area contributed by atoms with Gasteiger partial charge in [0.2, 0.25) is 0 Å². The van der Waals surface area contributed by atoms with Crippen molar-refractivity contribution in [3.8, 4) is 34.3 Å². The fourth-order valence-corrected chi connectivity index (χ4v) is 2.28. The minimum Gasteiger partial charge on any atom is -0.505 e. The van der Waals surface area contributed by atoms with E-state index in [1.54, 1.807) is 37.4 Å². The minimum absolute atomic E-state index is 0.0558. The lowest BCUT2D eigenvalue weighted by atomic mass is 10.0. The summed E-state index contributed by atoms with van der Waals surface area (Å²) >= 11 is 0. The quantitative estimate of drug-likeness (QED) is 0.675. The Labute approximate surface area is 121 Å². The minimum atomic E-state index is -0.0558. The Morgan fingerprint density at radius 2 is 1.67 bits per heavy atom. The fourth-order valence-electron chi connectivity index (χ4n) is 2.28. The molecule has 0 radical (unpaired) electrons. The molecule has 21 heavy (non-hydrogen) atoms. The van der Waals surface area contributed by atoms with E-state index < -0.39 is 0 Å². The maximum absolute atomic E-state index is 10.1. The first-order chi connectivity index (χ1) is 10.1. The first-order valence-electron chi connectivity index (χ1n) is 6.43. The number of aromatic nitrogens is 2. The summed E-state index contributed by atoms with van der Waals surface area (Å²) in [5, 5.41) is 29.7. The molecule has 0 fully saturated rings. The molecule has 5 heteroatoms. The van der Waals surface area contributed by atoms with E-state index in [0.717, 1.165) is 5.56 Å². The zero-order chi connectivity index (χ0) is 15.0. The Morgan fingerprint density at radius 1 is 0.952 bits per heavy atom. The second-order valence-corrected chi connectivity index (χ2v) is 4.73. The normalized spacial score (nSPS) is 10.7. The highest BCUT2D eigenvalue weighted by Crippen LogP contribution is 2.33. The molecule has 3 rings (SSSR count). The number of benzene rings is 1. The van der Waals surface area contributed by atoms with E-state index in [1.165, 1.54) is 16.7 Å². The summed E-state index contributed by atoms with van der Waals surface area (Å²) in [4.78, 5) is 4.03. The Bertz CT molecular complexity index is 790. The Hall–Kier alpha value is -2.95. The number of rotatable bonds is 2. The third-order valence-corrected chi connectivity index (χ3v) is 3.36. The topological polar surface area (TPSA) is 78.5 Å². The molecular formula is C16H14N2O3. The van der Waals surface area contributed by atoms with Crippen LogP contribution in [0.3, 0.4) is 0 Å². The van der Waals surface area contributed by atoms with Crippen molar-refractivity contribution in [2.24, 2.45) is 0 Å². The van der Waals surface area contributed by atoms with Gasteiger partial charge in [0.25, 0.3) is 0 Å². The van der Waals surface area contributed by atoms with Gasteiger partial charge in [0.05, 0.1) is 11.4 Å². The van der Waals surface area contributed by atoms with Crippen LogP contribution in [0.1, 0.15) is 5.69 Å². The zero-order valence-electron chi connectivity index (χ0n) is 11.4. The largest absolute Gasteiger partial charge is 0.505 e. The van der Waals surface area contributed by atoms with Gasteiger partial charge < -0.3 is 15.3 Å². The molecule has 106 valence electrons. The maximum Gasteiger partial charge on any atom is 0.198 e. The molecular weight excluding hydrogens is 268 g/mol. The van der Waals surface area contributed by atoms with Gasteiger partial charge in [0.1, 0.15) is 5.75 Å². The van der Waals surface area contributed by atoms with Crippen molar-refractivity contribution in [1.29, 1.82) is 0 Å². The third kappa shape index (κ3) is 2.18. The number of aryl methyl sites for hydroxylation is 1. The predicted octanol–water partition coefficient (Wildman–Crippen LogP) is 2.96. The molecule has 3 aromatic rings. The molecule has 2 aromatic heterocycles. The van der Waals surface area contributed by atoms with E-state index in [2.05, 4.69) is 4.98 Å². The summed E-state index contributed by atoms with van der Waals surface area (Å²) in [6.07, 6.45) is 1.63. The van der Waals surface area contributed by atoms with Crippen molar-refractivity contribution in [3.05, 3.63) is 54.4 Å². The molecule has 1 aromatic carbocycles. The smallest absolute Gasteiger partial charge is 0.198 e. The van der Waals surface area contributed by atoms with Gasteiger partial charge in [-0.05, 0) is 30.7 Å². The number of nitrogens with zero attached hydrogens (tertiary/aromatic N) is 2. The summed E-state index contributed by atoms with van der Waals surface area (Å²) in [5.41, 5.74) is 2.56. The van der Waals surface area contributed by atoms with Crippen LogP contribution in [0.15, 0.2) is 48.7 Å². The summed E-state index contributed by atoms with van der Waals surface area (Å²) < 4.78 is 1.31. The third-order valence-electron chi connectivity index (χ3n) is 3.36. The Balaban J connectivity index is 2.15. The van der Waals surface area contributed by atoms with Gasteiger partial charge in [-0.25, -0.2) is 0 Å². The standard InChI is InChI=1S/C16H14N2O3/c1-10-16(21)13(7-8-17-10)11-3-2-4-12(9-11)18-14(19)5-6-15(18)20/h2-9,19-21H,1H3. The number of hydrogen-bond acceptors (Lipinski definition) is 4. The van der Waals surface area contributed by atoms with Crippen LogP contribution in [0.25, 0.3) is 16.8 Å². The predicted molar refractivity (Wildman–Crippen MR) is 78.7 cm³/mol. The molecule has 0 bridgehead atoms. The number of aromatic hydroxyl groups is 3. The highest BCUT2D eigenvalue weighted by atomic mass is 16.3. The Kier molecular flexibility index (Phi) is 3.02. The molecule has 5 nitrogen and oxygen atoms in total. The lowest BCUT2D eigenvalue weighted by Gasteiger charge is -2.10. The van der Waals surface area contributed by atoms with E-state index in [-0.39, 0.29) is 17.5 Å². The van der Waals surface area contributed by atoms with Crippen molar-refractivity contribution in [2.45, 2.75) is 6.92 Å². The van der Waals surface area contributed by atoms with Crippen LogP contribution in [0, 0.1) is 6.92 Å². The summed E-state index contributed by atoms with van der Waals surface area (Å²) in [5.74, 6) is 0.00941. The van der Waals surface area contributed by atoms with Gasteiger partial charge in [0, 0.05) is 23.9 Å². The number of pyridine rings is 1. The highest BCUT2D eigenvalue weighted by Gasteiger charge is 2.11. The van der Waals surface area contributed by atoms with E-state index in [1.807, 2.05) is 6.07 Å². The van der Waals surface area contributed by atoms with Crippen molar-refractivity contribution < 1.29 is 15.3 Å². The van der Waals surface area contributed by atoms with Crippen LogP contribution in [-0.4, -0.2) is 24.9 Å². The van der Waals surface area contributed by atoms with E-state index in [0.29, 0.717) is 16.9 Å². The van der Waals surface area contributed by atoms with Crippen LogP contribution < -0.4 is 0 Å². The van der Waals surface area contributed by atoms with Crippen LogP contribution in [0.4, 0.5) is 0 Å². The molecule has 0 aliphatic carbocycles. The van der Waals surface area contributed by atoms with Crippen molar-refractivity contribution >= 4 is 0 Å². The van der Waals surface area contributed by atoms with E-state index in [4.69, 9.17) is 0 Å². The van der Waals surface area contributed by atoms with Gasteiger partial charge in [-0.15, -0.1) is 0 Å². The highest BCUT2D eigenvalue weighted by molar-refractivity contribution is 5.72. The average molecular weight is 282 g/mol. The van der Waals surface area contributed by atoms with Gasteiger partial charge >= 0.3 is 0 Å². The SMILES string of the molecule is Cc1nccc(-c2cccc(-n3c(O)ccc3O)c2)c1O. The van der Waals surface area contributed by atoms with Crippen LogP contribution in [0.2, 0.25) is 0 Å². The molecule has 0 aliphatic heterocycles. The van der Waals surface area contributed by atoms with Gasteiger partial charge in [-0.1, -0.05) is 12.1 Å². The van der Waals surface area contributed by atoms with E-state index in [9.17, 15) is 15.3 Å². The molecule has 0 saturated carbocycles. The van der Waals surface area contributed by atoms with Gasteiger partial charge in [-0.2, -0.15) is 0 Å². The summed E-state index contributed by atoms with van der Waals surface area (Å²) in [7, 11) is 0. The second-order valence-electron chi connectivity index (χ2n) is 4.73. The molecule has 0 aliphatic rings. The van der Waals surface area contributed by atoms with Gasteiger partial charge in [-0.3, -0.25) is 9.55 Å². The molecule has 0 amide bonds. The van der Waals surface area contributed by atoms with Crippen LogP contribution >= 0.6 is 0 Å².